The number of nitrogens with one attached hydrogen (secondary N) is 1. The number of fused-ring (bicyclic) bond motifs is 1. The Balaban J connectivity index is 1.36. The van der Waals surface area contributed by atoms with Crippen LogP contribution in [0.1, 0.15) is 30.4 Å². The molecule has 0 unspecified atom stereocenters. The van der Waals surface area contributed by atoms with E-state index in [1.54, 1.807) is 24.3 Å². The van der Waals surface area contributed by atoms with Crippen molar-refractivity contribution in [2.24, 2.45) is 0 Å². The number of aromatic nitrogens is 2. The lowest BCUT2D eigenvalue weighted by Crippen LogP contribution is -2.42. The number of amides is 1. The Morgan fingerprint density at radius 2 is 1.84 bits per heavy atom. The molecule has 31 heavy (non-hydrogen) atoms. The second-order valence-corrected chi connectivity index (χ2v) is 8.15. The number of benzene rings is 2. The monoisotopic (exact) mass is 421 g/mol. The first-order valence-electron chi connectivity index (χ1n) is 10.7. The number of rotatable bonds is 5. The number of para-hydroxylation sites is 1. The highest BCUT2D eigenvalue weighted by Crippen LogP contribution is 2.24. The van der Waals surface area contributed by atoms with Gasteiger partial charge in [-0.1, -0.05) is 24.3 Å². The fourth-order valence-corrected chi connectivity index (χ4v) is 4.07. The van der Waals surface area contributed by atoms with Gasteiger partial charge in [0.25, 0.3) is 5.56 Å². The number of likely N-dealkylation sites (tertiary alicyclic amines) is 1. The van der Waals surface area contributed by atoms with Gasteiger partial charge >= 0.3 is 5.69 Å². The highest BCUT2D eigenvalue weighted by Gasteiger charge is 2.24. The molecular weight excluding hydrogens is 394 g/mol. The van der Waals surface area contributed by atoms with Gasteiger partial charge in [-0.05, 0) is 43.2 Å². The molecule has 1 aromatic heterocycles. The average Bonchev–Trinajstić information content (AvgIpc) is 2.76. The van der Waals surface area contributed by atoms with Crippen molar-refractivity contribution in [1.82, 2.24) is 14.5 Å². The summed E-state index contributed by atoms with van der Waals surface area (Å²) in [5.74, 6) is 0.918. The number of carbonyl (C=O) groups excluding carboxylic acids is 1. The Morgan fingerprint density at radius 3 is 2.61 bits per heavy atom. The summed E-state index contributed by atoms with van der Waals surface area (Å²) in [6, 6.07) is 13.1. The minimum Gasteiger partial charge on any atom is -0.490 e. The largest absolute Gasteiger partial charge is 0.490 e. The lowest BCUT2D eigenvalue weighted by atomic mass is 10.1. The van der Waals surface area contributed by atoms with Crippen LogP contribution in [0.3, 0.4) is 0 Å². The second-order valence-electron chi connectivity index (χ2n) is 8.15. The van der Waals surface area contributed by atoms with Crippen molar-refractivity contribution in [3.05, 3.63) is 74.4 Å². The summed E-state index contributed by atoms with van der Waals surface area (Å²) in [5.41, 5.74) is 1.93. The number of aromatic amines is 1. The number of hydrogen-bond donors (Lipinski definition) is 1. The standard InChI is InChI=1S/C24H27N3O4/c1-16-7-8-17(2)21(15-16)31-18-9-12-26(13-10-18)22(28)11-14-27-20-6-4-3-5-19(20)23(29)25-24(27)30/h3-8,15,18H,9-14H2,1-2H3,(H,25,29,30). The second kappa shape index (κ2) is 8.79. The number of carbonyl (C=O) groups is 1. The fraction of sp³-hybridized carbons (Fsp3) is 0.375. The van der Waals surface area contributed by atoms with Crippen LogP contribution in [-0.2, 0) is 11.3 Å². The van der Waals surface area contributed by atoms with Gasteiger partial charge in [-0.25, -0.2) is 4.79 Å². The summed E-state index contributed by atoms with van der Waals surface area (Å²) in [6.45, 7) is 5.58. The van der Waals surface area contributed by atoms with Crippen LogP contribution in [0.2, 0.25) is 0 Å². The van der Waals surface area contributed by atoms with Crippen LogP contribution in [0, 0.1) is 13.8 Å². The number of hydrogen-bond acceptors (Lipinski definition) is 4. The molecule has 2 heterocycles. The van der Waals surface area contributed by atoms with Crippen molar-refractivity contribution in [3.63, 3.8) is 0 Å². The summed E-state index contributed by atoms with van der Waals surface area (Å²) in [5, 5.41) is 0.443. The minimum atomic E-state index is -0.489. The molecule has 1 fully saturated rings. The van der Waals surface area contributed by atoms with Crippen LogP contribution in [0.25, 0.3) is 10.9 Å². The predicted octanol–water partition coefficient (Wildman–Crippen LogP) is 2.77. The third kappa shape index (κ3) is 4.55. The number of nitrogens with zero attached hydrogens (tertiary/aromatic N) is 2. The topological polar surface area (TPSA) is 84.4 Å². The van der Waals surface area contributed by atoms with Crippen LogP contribution in [-0.4, -0.2) is 39.6 Å². The first-order valence-corrected chi connectivity index (χ1v) is 10.7. The molecule has 7 nitrogen and oxygen atoms in total. The van der Waals surface area contributed by atoms with Gasteiger partial charge in [0, 0.05) is 38.9 Å². The molecule has 4 rings (SSSR count). The van der Waals surface area contributed by atoms with Crippen LogP contribution < -0.4 is 16.0 Å². The van der Waals surface area contributed by atoms with Crippen molar-refractivity contribution in [2.45, 2.75) is 45.8 Å². The van der Waals surface area contributed by atoms with Gasteiger partial charge in [0.2, 0.25) is 5.91 Å². The smallest absolute Gasteiger partial charge is 0.328 e. The van der Waals surface area contributed by atoms with Crippen LogP contribution >= 0.6 is 0 Å². The van der Waals surface area contributed by atoms with Crippen molar-refractivity contribution in [1.29, 1.82) is 0 Å². The number of aryl methyl sites for hydroxylation is 3. The Morgan fingerprint density at radius 1 is 1.10 bits per heavy atom. The average molecular weight is 421 g/mol. The molecule has 0 aliphatic carbocycles. The molecule has 1 amide bonds. The lowest BCUT2D eigenvalue weighted by molar-refractivity contribution is -0.133. The summed E-state index contributed by atoms with van der Waals surface area (Å²) in [6.07, 6.45) is 1.86. The Bertz CT molecular complexity index is 1220. The zero-order valence-corrected chi connectivity index (χ0v) is 17.9. The van der Waals surface area contributed by atoms with Gasteiger partial charge in [0.15, 0.2) is 0 Å². The van der Waals surface area contributed by atoms with E-state index in [-0.39, 0.29) is 25.0 Å². The molecule has 1 saturated heterocycles. The van der Waals surface area contributed by atoms with Crippen LogP contribution in [0.5, 0.6) is 5.75 Å². The van der Waals surface area contributed by atoms with Crippen molar-refractivity contribution < 1.29 is 9.53 Å². The van der Waals surface area contributed by atoms with E-state index < -0.39 is 11.2 Å². The van der Waals surface area contributed by atoms with Gasteiger partial charge in [-0.3, -0.25) is 19.1 Å². The predicted molar refractivity (Wildman–Crippen MR) is 120 cm³/mol. The maximum absolute atomic E-state index is 12.7. The molecule has 162 valence electrons. The third-order valence-electron chi connectivity index (χ3n) is 5.89. The molecule has 0 radical (unpaired) electrons. The Labute approximate surface area is 180 Å². The van der Waals surface area contributed by atoms with Gasteiger partial charge in [0.05, 0.1) is 10.9 Å². The minimum absolute atomic E-state index is 0.00682. The molecule has 3 aromatic rings. The highest BCUT2D eigenvalue weighted by atomic mass is 16.5. The van der Waals surface area contributed by atoms with E-state index in [0.29, 0.717) is 24.0 Å². The summed E-state index contributed by atoms with van der Waals surface area (Å²) in [7, 11) is 0. The maximum atomic E-state index is 12.7. The number of piperidine rings is 1. The van der Waals surface area contributed by atoms with E-state index >= 15 is 0 Å². The van der Waals surface area contributed by atoms with E-state index in [2.05, 4.69) is 23.2 Å². The molecule has 1 N–H and O–H groups in total. The van der Waals surface area contributed by atoms with E-state index in [1.807, 2.05) is 18.7 Å². The van der Waals surface area contributed by atoms with Gasteiger partial charge < -0.3 is 9.64 Å². The molecule has 1 aliphatic rings. The molecule has 2 aromatic carbocycles. The number of H-pyrrole nitrogens is 1. The van der Waals surface area contributed by atoms with Crippen molar-refractivity contribution in [3.8, 4) is 5.75 Å². The van der Waals surface area contributed by atoms with E-state index in [9.17, 15) is 14.4 Å². The maximum Gasteiger partial charge on any atom is 0.328 e. The van der Waals surface area contributed by atoms with E-state index in [1.165, 1.54) is 10.1 Å². The Kier molecular flexibility index (Phi) is 5.93. The summed E-state index contributed by atoms with van der Waals surface area (Å²) >= 11 is 0. The van der Waals surface area contributed by atoms with Crippen molar-refractivity contribution >= 4 is 16.8 Å². The summed E-state index contributed by atoms with van der Waals surface area (Å²) in [4.78, 5) is 41.2. The molecule has 0 spiro atoms. The van der Waals surface area contributed by atoms with Gasteiger partial charge in [-0.2, -0.15) is 0 Å². The van der Waals surface area contributed by atoms with Gasteiger partial charge in [-0.15, -0.1) is 0 Å². The fourth-order valence-electron chi connectivity index (χ4n) is 4.07. The van der Waals surface area contributed by atoms with E-state index in [0.717, 1.165) is 24.2 Å². The molecule has 0 saturated carbocycles. The normalized spacial score (nSPS) is 14.7. The SMILES string of the molecule is Cc1ccc(C)c(OC2CCN(C(=O)CCn3c(=O)[nH]c(=O)c4ccccc43)CC2)c1. The summed E-state index contributed by atoms with van der Waals surface area (Å²) < 4.78 is 7.65. The first kappa shape index (κ1) is 20.9. The Hall–Kier alpha value is -3.35. The van der Waals surface area contributed by atoms with E-state index in [4.69, 9.17) is 4.74 Å². The van der Waals surface area contributed by atoms with Crippen LogP contribution in [0.15, 0.2) is 52.1 Å². The number of ether oxygens (including phenoxy) is 1. The van der Waals surface area contributed by atoms with Gasteiger partial charge in [0.1, 0.15) is 11.9 Å². The first-order chi connectivity index (χ1) is 14.9. The molecule has 7 heteroatoms. The zero-order chi connectivity index (χ0) is 22.0. The molecule has 0 bridgehead atoms. The quantitative estimate of drug-likeness (QED) is 0.687. The third-order valence-corrected chi connectivity index (χ3v) is 5.89. The highest BCUT2D eigenvalue weighted by molar-refractivity contribution is 5.79. The molecular formula is C24H27N3O4. The van der Waals surface area contributed by atoms with Crippen molar-refractivity contribution in [2.75, 3.05) is 13.1 Å². The van der Waals surface area contributed by atoms with Crippen LogP contribution in [0.4, 0.5) is 0 Å². The lowest BCUT2D eigenvalue weighted by Gasteiger charge is -2.32. The molecule has 0 atom stereocenters. The zero-order valence-electron chi connectivity index (χ0n) is 17.9. The molecule has 1 aliphatic heterocycles.